The Bertz CT molecular complexity index is 884. The molecule has 0 aromatic heterocycles. The Hall–Kier alpha value is -1.00. The topological polar surface area (TPSA) is 78.0 Å². The van der Waals surface area contributed by atoms with Gasteiger partial charge in [-0.2, -0.15) is 8.61 Å². The van der Waals surface area contributed by atoms with Crippen LogP contribution in [0.5, 0.6) is 0 Å². The molecule has 0 unspecified atom stereocenters. The lowest BCUT2D eigenvalue weighted by atomic mass is 10.0. The molecule has 0 atom stereocenters. The Balaban J connectivity index is 1.73. The second-order valence-electron chi connectivity index (χ2n) is 8.32. The molecule has 0 saturated carbocycles. The molecule has 0 amide bonds. The summed E-state index contributed by atoms with van der Waals surface area (Å²) < 4.78 is 54.6. The van der Waals surface area contributed by atoms with Crippen LogP contribution in [0.4, 0.5) is 0 Å². The van der Waals surface area contributed by atoms with Crippen molar-refractivity contribution in [3.63, 3.8) is 0 Å². The molecule has 0 spiro atoms. The number of rotatable bonds is 6. The average Bonchev–Trinajstić information content (AvgIpc) is 2.74. The predicted octanol–water partition coefficient (Wildman–Crippen LogP) is 2.35. The van der Waals surface area contributed by atoms with Crippen LogP contribution >= 0.6 is 0 Å². The van der Waals surface area contributed by atoms with Gasteiger partial charge in [0.25, 0.3) is 0 Å². The molecule has 2 aliphatic rings. The molecule has 7 nitrogen and oxygen atoms in total. The Morgan fingerprint density at radius 3 is 1.90 bits per heavy atom. The zero-order chi connectivity index (χ0) is 21.2. The maximum absolute atomic E-state index is 13.1. The highest BCUT2D eigenvalue weighted by Crippen LogP contribution is 2.26. The largest absolute Gasteiger partial charge is 0.301 e. The molecule has 0 radical (unpaired) electrons. The van der Waals surface area contributed by atoms with Gasteiger partial charge in [0.15, 0.2) is 0 Å². The number of hydrogen-bond donors (Lipinski definition) is 0. The lowest BCUT2D eigenvalue weighted by Crippen LogP contribution is -2.47. The van der Waals surface area contributed by atoms with E-state index in [9.17, 15) is 16.8 Å². The Morgan fingerprint density at radius 1 is 0.862 bits per heavy atom. The lowest BCUT2D eigenvalue weighted by molar-refractivity contribution is 0.140. The minimum Gasteiger partial charge on any atom is -0.301 e. The molecular weight excluding hydrogens is 410 g/mol. The zero-order valence-electron chi connectivity index (χ0n) is 17.6. The van der Waals surface area contributed by atoms with Gasteiger partial charge in [0, 0.05) is 32.2 Å². The number of hydrogen-bond acceptors (Lipinski definition) is 5. The van der Waals surface area contributed by atoms with E-state index < -0.39 is 20.0 Å². The van der Waals surface area contributed by atoms with Crippen molar-refractivity contribution in [3.05, 3.63) is 24.3 Å². The van der Waals surface area contributed by atoms with Crippen LogP contribution in [-0.4, -0.2) is 75.7 Å². The summed E-state index contributed by atoms with van der Waals surface area (Å²) in [6.07, 6.45) is 4.38. The van der Waals surface area contributed by atoms with E-state index in [2.05, 4.69) is 18.7 Å². The molecule has 3 rings (SSSR count). The van der Waals surface area contributed by atoms with Crippen LogP contribution in [-0.2, 0) is 20.0 Å². The monoisotopic (exact) mass is 443 g/mol. The maximum atomic E-state index is 13.1. The Morgan fingerprint density at radius 2 is 1.38 bits per heavy atom. The van der Waals surface area contributed by atoms with Crippen LogP contribution in [0.15, 0.2) is 34.1 Å². The maximum Gasteiger partial charge on any atom is 0.243 e. The summed E-state index contributed by atoms with van der Waals surface area (Å²) in [7, 11) is -5.59. The van der Waals surface area contributed by atoms with Gasteiger partial charge in [0.05, 0.1) is 9.79 Å². The van der Waals surface area contributed by atoms with Gasteiger partial charge in [-0.1, -0.05) is 6.42 Å². The third-order valence-corrected chi connectivity index (χ3v) is 10.0. The number of sulfonamides is 2. The first-order valence-corrected chi connectivity index (χ1v) is 13.3. The average molecular weight is 444 g/mol. The first kappa shape index (κ1) is 22.7. The zero-order valence-corrected chi connectivity index (χ0v) is 19.3. The van der Waals surface area contributed by atoms with Crippen LogP contribution in [0.1, 0.15) is 46.0 Å². The molecule has 2 saturated heterocycles. The smallest absolute Gasteiger partial charge is 0.243 e. The van der Waals surface area contributed by atoms with Gasteiger partial charge in [-0.25, -0.2) is 16.8 Å². The fraction of sp³-hybridized carbons (Fsp3) is 0.700. The van der Waals surface area contributed by atoms with Gasteiger partial charge < -0.3 is 4.90 Å². The van der Waals surface area contributed by atoms with Crippen LogP contribution in [0, 0.1) is 0 Å². The molecule has 9 heteroatoms. The summed E-state index contributed by atoms with van der Waals surface area (Å²) in [4.78, 5) is 2.66. The molecule has 0 N–H and O–H groups in total. The van der Waals surface area contributed by atoms with Crippen molar-refractivity contribution in [2.24, 2.45) is 0 Å². The summed E-state index contributed by atoms with van der Waals surface area (Å²) >= 11 is 0. The number of nitrogens with zero attached hydrogens (tertiary/aromatic N) is 3. The normalized spacial score (nSPS) is 21.1. The molecule has 164 valence electrons. The Kier molecular flexibility index (Phi) is 7.05. The molecule has 2 heterocycles. The van der Waals surface area contributed by atoms with Gasteiger partial charge in [0.1, 0.15) is 0 Å². The minimum absolute atomic E-state index is 0.0354. The van der Waals surface area contributed by atoms with E-state index in [-0.39, 0.29) is 15.8 Å². The minimum atomic E-state index is -3.66. The molecule has 2 aliphatic heterocycles. The Labute approximate surface area is 175 Å². The van der Waals surface area contributed by atoms with E-state index in [1.54, 1.807) is 7.05 Å². The lowest BCUT2D eigenvalue weighted by Gasteiger charge is -2.38. The third kappa shape index (κ3) is 4.85. The SMILES string of the molecule is CC(C)N1CCC(N(C)S(=O)(=O)c2ccc(S(=O)(=O)N3CCCCC3)cc2)CC1. The summed E-state index contributed by atoms with van der Waals surface area (Å²) in [6, 6.07) is 6.12. The summed E-state index contributed by atoms with van der Waals surface area (Å²) in [6.45, 7) is 7.13. The molecular formula is C20H33N3O4S2. The number of piperidine rings is 2. The van der Waals surface area contributed by atoms with Crippen molar-refractivity contribution < 1.29 is 16.8 Å². The van der Waals surface area contributed by atoms with Crippen molar-refractivity contribution in [2.45, 2.75) is 67.8 Å². The quantitative estimate of drug-likeness (QED) is 0.674. The van der Waals surface area contributed by atoms with Crippen molar-refractivity contribution in [1.29, 1.82) is 0 Å². The van der Waals surface area contributed by atoms with Crippen LogP contribution in [0.25, 0.3) is 0 Å². The summed E-state index contributed by atoms with van der Waals surface area (Å²) in [5, 5.41) is 0. The van der Waals surface area contributed by atoms with E-state index in [4.69, 9.17) is 0 Å². The van der Waals surface area contributed by atoms with Gasteiger partial charge in [0.2, 0.25) is 20.0 Å². The molecule has 29 heavy (non-hydrogen) atoms. The highest BCUT2D eigenvalue weighted by atomic mass is 32.2. The standard InChI is InChI=1S/C20H33N3O4S2/c1-17(2)22-15-11-18(12-16-22)21(3)28(24,25)19-7-9-20(10-8-19)29(26,27)23-13-5-4-6-14-23/h7-10,17-18H,4-6,11-16H2,1-3H3. The van der Waals surface area contributed by atoms with Gasteiger partial charge in [-0.3, -0.25) is 0 Å². The predicted molar refractivity (Wildman–Crippen MR) is 114 cm³/mol. The van der Waals surface area contributed by atoms with Crippen LogP contribution in [0.2, 0.25) is 0 Å². The molecule has 1 aromatic carbocycles. The third-order valence-electron chi connectivity index (χ3n) is 6.20. The summed E-state index contributed by atoms with van der Waals surface area (Å²) in [5.41, 5.74) is 0. The second-order valence-corrected chi connectivity index (χ2v) is 12.3. The number of likely N-dealkylation sites (tertiary alicyclic amines) is 1. The van der Waals surface area contributed by atoms with Crippen LogP contribution in [0.3, 0.4) is 0 Å². The molecule has 2 fully saturated rings. The van der Waals surface area contributed by atoms with Gasteiger partial charge >= 0.3 is 0 Å². The van der Waals surface area contributed by atoms with Gasteiger partial charge in [-0.05, 0) is 76.9 Å². The van der Waals surface area contributed by atoms with Crippen molar-refractivity contribution in [1.82, 2.24) is 13.5 Å². The van der Waals surface area contributed by atoms with E-state index >= 15 is 0 Å². The molecule has 0 bridgehead atoms. The van der Waals surface area contributed by atoms with E-state index in [1.165, 1.54) is 32.9 Å². The first-order valence-electron chi connectivity index (χ1n) is 10.5. The van der Waals surface area contributed by atoms with Crippen molar-refractivity contribution >= 4 is 20.0 Å². The van der Waals surface area contributed by atoms with E-state index in [1.807, 2.05) is 0 Å². The van der Waals surface area contributed by atoms with Crippen molar-refractivity contribution in [2.75, 3.05) is 33.2 Å². The fourth-order valence-corrected chi connectivity index (χ4v) is 7.10. The fourth-order valence-electron chi connectivity index (χ4n) is 4.17. The molecule has 1 aromatic rings. The van der Waals surface area contributed by atoms with E-state index in [0.717, 1.165) is 45.2 Å². The van der Waals surface area contributed by atoms with Gasteiger partial charge in [-0.15, -0.1) is 0 Å². The summed E-state index contributed by atoms with van der Waals surface area (Å²) in [5.74, 6) is 0. The van der Waals surface area contributed by atoms with E-state index in [0.29, 0.717) is 19.1 Å². The first-order chi connectivity index (χ1) is 13.6. The highest BCUT2D eigenvalue weighted by Gasteiger charge is 2.32. The molecule has 0 aliphatic carbocycles. The van der Waals surface area contributed by atoms with Crippen molar-refractivity contribution in [3.8, 4) is 0 Å². The highest BCUT2D eigenvalue weighted by molar-refractivity contribution is 7.89. The second kappa shape index (κ2) is 9.01. The number of benzene rings is 1. The van der Waals surface area contributed by atoms with Crippen LogP contribution < -0.4 is 0 Å².